The van der Waals surface area contributed by atoms with Crippen LogP contribution in [0.4, 0.5) is 11.4 Å². The molecule has 1 atom stereocenters. The standard InChI is InChI=1S/C22H22ClN5O3/c1-31-21-9-16(3-5-20(21)27-7-6-17(29)12-27)28(13-24)22(30)19-8-14(10-25-19)18-4-2-15(23)11-26-18/h2-5,8-11,13,17,24-25,29H,6-7,12H2,1H3/t17-/m1/s1. The fraction of sp³-hybridized carbons (Fsp3) is 0.227. The molecule has 3 heterocycles. The number of H-pyrrole nitrogens is 1. The number of nitrogens with one attached hydrogen (secondary N) is 2. The lowest BCUT2D eigenvalue weighted by atomic mass is 10.2. The molecular weight excluding hydrogens is 418 g/mol. The van der Waals surface area contributed by atoms with Crippen molar-refractivity contribution in [1.29, 1.82) is 5.41 Å². The van der Waals surface area contributed by atoms with E-state index in [1.54, 1.807) is 49.8 Å². The van der Waals surface area contributed by atoms with Gasteiger partial charge < -0.3 is 19.7 Å². The molecule has 2 aromatic heterocycles. The van der Waals surface area contributed by atoms with E-state index in [-0.39, 0.29) is 12.0 Å². The number of β-amino-alcohol motifs (C(OH)–C–C–N with tert-alkyl or cyclic N) is 1. The first-order valence-corrected chi connectivity index (χ1v) is 10.1. The third kappa shape index (κ3) is 4.26. The molecule has 3 N–H and O–H groups in total. The van der Waals surface area contributed by atoms with Crippen molar-refractivity contribution in [2.75, 3.05) is 30.0 Å². The molecule has 0 spiro atoms. The van der Waals surface area contributed by atoms with E-state index in [0.717, 1.165) is 24.1 Å². The molecule has 31 heavy (non-hydrogen) atoms. The van der Waals surface area contributed by atoms with Crippen molar-refractivity contribution in [3.05, 3.63) is 59.5 Å². The van der Waals surface area contributed by atoms with Crippen molar-refractivity contribution in [3.8, 4) is 17.0 Å². The highest BCUT2D eigenvalue weighted by Crippen LogP contribution is 2.35. The Morgan fingerprint density at radius 1 is 1.39 bits per heavy atom. The van der Waals surface area contributed by atoms with Crippen LogP contribution in [-0.4, -0.2) is 53.6 Å². The molecule has 9 heteroatoms. The third-order valence-electron chi connectivity index (χ3n) is 5.23. The number of hydrogen-bond acceptors (Lipinski definition) is 6. The van der Waals surface area contributed by atoms with Crippen LogP contribution in [0.25, 0.3) is 11.3 Å². The summed E-state index contributed by atoms with van der Waals surface area (Å²) in [7, 11) is 1.56. The SMILES string of the molecule is COc1cc(N(C=N)C(=O)c2cc(-c3ccc(Cl)cn3)c[nH]2)ccc1N1CC[C@@H](O)C1. The van der Waals surface area contributed by atoms with Crippen molar-refractivity contribution >= 4 is 35.2 Å². The van der Waals surface area contributed by atoms with Crippen LogP contribution in [0.1, 0.15) is 16.9 Å². The molecule has 0 aliphatic carbocycles. The maximum atomic E-state index is 13.1. The molecule has 160 valence electrons. The van der Waals surface area contributed by atoms with E-state index < -0.39 is 0 Å². The molecule has 1 aliphatic heterocycles. The van der Waals surface area contributed by atoms with E-state index in [1.165, 1.54) is 4.90 Å². The van der Waals surface area contributed by atoms with E-state index in [2.05, 4.69) is 9.97 Å². The molecule has 1 amide bonds. The number of hydrogen-bond donors (Lipinski definition) is 3. The van der Waals surface area contributed by atoms with Gasteiger partial charge >= 0.3 is 0 Å². The highest BCUT2D eigenvalue weighted by molar-refractivity contribution is 6.30. The first kappa shape index (κ1) is 20.9. The number of methoxy groups -OCH3 is 1. The van der Waals surface area contributed by atoms with E-state index in [9.17, 15) is 9.90 Å². The van der Waals surface area contributed by atoms with Gasteiger partial charge in [-0.25, -0.2) is 0 Å². The maximum Gasteiger partial charge on any atom is 0.279 e. The third-order valence-corrected chi connectivity index (χ3v) is 5.45. The van der Waals surface area contributed by atoms with E-state index >= 15 is 0 Å². The van der Waals surface area contributed by atoms with Gasteiger partial charge in [0.1, 0.15) is 11.4 Å². The van der Waals surface area contributed by atoms with Gasteiger partial charge in [-0.2, -0.15) is 0 Å². The lowest BCUT2D eigenvalue weighted by molar-refractivity contribution is 0.0999. The van der Waals surface area contributed by atoms with E-state index in [0.29, 0.717) is 40.8 Å². The molecule has 4 rings (SSSR count). The summed E-state index contributed by atoms with van der Waals surface area (Å²) in [5.74, 6) is 0.186. The van der Waals surface area contributed by atoms with Gasteiger partial charge in [-0.1, -0.05) is 11.6 Å². The molecular formula is C22H22ClN5O3. The van der Waals surface area contributed by atoms with Crippen LogP contribution in [0.15, 0.2) is 48.8 Å². The Morgan fingerprint density at radius 3 is 2.87 bits per heavy atom. The number of ether oxygens (including phenoxy) is 1. The number of aliphatic hydroxyl groups is 1. The first-order chi connectivity index (χ1) is 15.0. The van der Waals surface area contributed by atoms with Crippen molar-refractivity contribution < 1.29 is 14.6 Å². The van der Waals surface area contributed by atoms with Gasteiger partial charge in [-0.05, 0) is 36.8 Å². The Kier molecular flexibility index (Phi) is 5.92. The van der Waals surface area contributed by atoms with E-state index in [4.69, 9.17) is 21.7 Å². The first-order valence-electron chi connectivity index (χ1n) is 9.75. The summed E-state index contributed by atoms with van der Waals surface area (Å²) in [5.41, 5.74) is 3.09. The van der Waals surface area contributed by atoms with Gasteiger partial charge in [0, 0.05) is 37.1 Å². The number of halogens is 1. The number of aromatic amines is 1. The van der Waals surface area contributed by atoms with Gasteiger partial charge in [0.05, 0.1) is 41.6 Å². The van der Waals surface area contributed by atoms with Crippen LogP contribution in [0.5, 0.6) is 5.75 Å². The van der Waals surface area contributed by atoms with Gasteiger partial charge in [-0.3, -0.25) is 20.1 Å². The fourth-order valence-electron chi connectivity index (χ4n) is 3.63. The molecule has 1 fully saturated rings. The Balaban J connectivity index is 1.59. The van der Waals surface area contributed by atoms with Crippen molar-refractivity contribution in [1.82, 2.24) is 9.97 Å². The smallest absolute Gasteiger partial charge is 0.279 e. The zero-order valence-corrected chi connectivity index (χ0v) is 17.6. The molecule has 1 aliphatic rings. The number of pyridine rings is 1. The molecule has 0 bridgehead atoms. The second kappa shape index (κ2) is 8.79. The minimum absolute atomic E-state index is 0.320. The van der Waals surface area contributed by atoms with Gasteiger partial charge in [0.25, 0.3) is 5.91 Å². The van der Waals surface area contributed by atoms with Crippen molar-refractivity contribution in [3.63, 3.8) is 0 Å². The van der Waals surface area contributed by atoms with Crippen molar-refractivity contribution in [2.45, 2.75) is 12.5 Å². The Hall–Kier alpha value is -3.36. The number of carbonyl (C=O) groups is 1. The number of aromatic nitrogens is 2. The number of amides is 1. The van der Waals surface area contributed by atoms with E-state index in [1.807, 2.05) is 11.0 Å². The summed E-state index contributed by atoms with van der Waals surface area (Å²) in [6.07, 6.45) is 4.54. The minimum Gasteiger partial charge on any atom is -0.495 e. The highest BCUT2D eigenvalue weighted by atomic mass is 35.5. The normalized spacial score (nSPS) is 15.7. The molecule has 0 radical (unpaired) electrons. The minimum atomic E-state index is -0.387. The number of aliphatic hydroxyl groups excluding tert-OH is 1. The molecule has 0 saturated carbocycles. The van der Waals surface area contributed by atoms with Crippen molar-refractivity contribution in [2.24, 2.45) is 0 Å². The average Bonchev–Trinajstić information content (AvgIpc) is 3.44. The zero-order chi connectivity index (χ0) is 22.0. The summed E-state index contributed by atoms with van der Waals surface area (Å²) in [5, 5.41) is 18.2. The van der Waals surface area contributed by atoms with Crippen LogP contribution in [0.2, 0.25) is 5.02 Å². The molecule has 1 saturated heterocycles. The van der Waals surface area contributed by atoms with Crippen LogP contribution in [-0.2, 0) is 0 Å². The molecule has 3 aromatic rings. The lowest BCUT2D eigenvalue weighted by Gasteiger charge is -2.23. The quantitative estimate of drug-likeness (QED) is 0.402. The summed E-state index contributed by atoms with van der Waals surface area (Å²) in [6.45, 7) is 1.26. The summed E-state index contributed by atoms with van der Waals surface area (Å²) >= 11 is 5.89. The lowest BCUT2D eigenvalue weighted by Crippen LogP contribution is -2.29. The summed E-state index contributed by atoms with van der Waals surface area (Å²) in [6, 6.07) is 10.5. The summed E-state index contributed by atoms with van der Waals surface area (Å²) in [4.78, 5) is 23.6. The number of benzene rings is 1. The van der Waals surface area contributed by atoms with Crippen LogP contribution in [0, 0.1) is 5.41 Å². The highest BCUT2D eigenvalue weighted by Gasteiger charge is 2.25. The zero-order valence-electron chi connectivity index (χ0n) is 16.9. The predicted octanol–water partition coefficient (Wildman–Crippen LogP) is 3.56. The Labute approximate surface area is 184 Å². The number of anilines is 2. The number of rotatable bonds is 6. The van der Waals surface area contributed by atoms with Gasteiger partial charge in [0.15, 0.2) is 0 Å². The van der Waals surface area contributed by atoms with Crippen LogP contribution < -0.4 is 14.5 Å². The van der Waals surface area contributed by atoms with Gasteiger partial charge in [0.2, 0.25) is 0 Å². The van der Waals surface area contributed by atoms with Gasteiger partial charge in [-0.15, -0.1) is 0 Å². The second-order valence-electron chi connectivity index (χ2n) is 7.21. The number of carbonyl (C=O) groups excluding carboxylic acids is 1. The molecule has 0 unspecified atom stereocenters. The predicted molar refractivity (Wildman–Crippen MR) is 120 cm³/mol. The van der Waals surface area contributed by atoms with Crippen LogP contribution >= 0.6 is 11.6 Å². The topological polar surface area (TPSA) is 106 Å². The maximum absolute atomic E-state index is 13.1. The number of nitrogens with zero attached hydrogens (tertiary/aromatic N) is 3. The fourth-order valence-corrected chi connectivity index (χ4v) is 3.74. The average molecular weight is 440 g/mol. The Bertz CT molecular complexity index is 1100. The molecule has 8 nitrogen and oxygen atoms in total. The summed E-state index contributed by atoms with van der Waals surface area (Å²) < 4.78 is 5.52. The second-order valence-corrected chi connectivity index (χ2v) is 7.65. The molecule has 1 aromatic carbocycles. The largest absolute Gasteiger partial charge is 0.495 e. The Morgan fingerprint density at radius 2 is 2.23 bits per heavy atom. The van der Waals surface area contributed by atoms with Crippen LogP contribution in [0.3, 0.4) is 0 Å². The monoisotopic (exact) mass is 439 g/mol.